The molecule has 4 rings (SSSR count). The van der Waals surface area contributed by atoms with Crippen LogP contribution in [0.2, 0.25) is 5.02 Å². The number of carbonyl (C=O) groups excluding carboxylic acids is 1. The summed E-state index contributed by atoms with van der Waals surface area (Å²) in [6.07, 6.45) is 1.14. The van der Waals surface area contributed by atoms with Crippen molar-refractivity contribution in [1.29, 1.82) is 0 Å². The van der Waals surface area contributed by atoms with Crippen molar-refractivity contribution in [2.75, 3.05) is 22.7 Å². The number of rotatable bonds is 6. The van der Waals surface area contributed by atoms with Crippen LogP contribution in [0.25, 0.3) is 0 Å². The normalized spacial score (nSPS) is 12.5. The second kappa shape index (κ2) is 8.49. The minimum absolute atomic E-state index is 0.114. The number of amides is 1. The van der Waals surface area contributed by atoms with Gasteiger partial charge in [0.15, 0.2) is 11.5 Å². The van der Waals surface area contributed by atoms with Gasteiger partial charge in [0.1, 0.15) is 0 Å². The molecule has 1 aliphatic heterocycles. The number of fused-ring (bicyclic) bond motifs is 1. The Hall–Kier alpha value is -3.23. The van der Waals surface area contributed by atoms with Crippen LogP contribution >= 0.6 is 11.6 Å². The third kappa shape index (κ3) is 4.92. The van der Waals surface area contributed by atoms with Gasteiger partial charge in [0.25, 0.3) is 5.91 Å². The molecule has 31 heavy (non-hydrogen) atoms. The van der Waals surface area contributed by atoms with E-state index in [9.17, 15) is 13.2 Å². The SMILES string of the molecule is CS(=O)(=O)N(Cc1ccc(C(=O)Nc2ccc3c(c2)OCO3)cc1)c1cccc(Cl)c1. The zero-order valence-corrected chi connectivity index (χ0v) is 18.1. The lowest BCUT2D eigenvalue weighted by molar-refractivity contribution is 0.102. The fraction of sp³-hybridized carbons (Fsp3) is 0.136. The van der Waals surface area contributed by atoms with Gasteiger partial charge < -0.3 is 14.8 Å². The highest BCUT2D eigenvalue weighted by Crippen LogP contribution is 2.34. The summed E-state index contributed by atoms with van der Waals surface area (Å²) in [6.45, 7) is 0.275. The lowest BCUT2D eigenvalue weighted by Gasteiger charge is -2.22. The molecule has 9 heteroatoms. The van der Waals surface area contributed by atoms with Gasteiger partial charge in [-0.25, -0.2) is 8.42 Å². The van der Waals surface area contributed by atoms with E-state index in [1.807, 2.05) is 0 Å². The molecule has 160 valence electrons. The molecule has 0 saturated carbocycles. The number of nitrogens with zero attached hydrogens (tertiary/aromatic N) is 1. The molecule has 3 aromatic rings. The first kappa shape index (κ1) is 21.0. The van der Waals surface area contributed by atoms with Crippen LogP contribution in [0.1, 0.15) is 15.9 Å². The molecule has 0 bridgehead atoms. The first-order chi connectivity index (χ1) is 14.8. The Morgan fingerprint density at radius 2 is 1.77 bits per heavy atom. The van der Waals surface area contributed by atoms with Crippen LogP contribution in [0, 0.1) is 0 Å². The van der Waals surface area contributed by atoms with Gasteiger partial charge in [-0.1, -0.05) is 29.8 Å². The van der Waals surface area contributed by atoms with Crippen molar-refractivity contribution in [3.05, 3.63) is 82.9 Å². The molecule has 0 atom stereocenters. The highest BCUT2D eigenvalue weighted by atomic mass is 35.5. The molecule has 3 aromatic carbocycles. The summed E-state index contributed by atoms with van der Waals surface area (Å²) in [6, 6.07) is 18.5. The fourth-order valence-corrected chi connectivity index (χ4v) is 4.20. The summed E-state index contributed by atoms with van der Waals surface area (Å²) >= 11 is 6.01. The van der Waals surface area contributed by atoms with E-state index in [0.717, 1.165) is 11.8 Å². The molecule has 1 N–H and O–H groups in total. The average Bonchev–Trinajstić information content (AvgIpc) is 3.19. The van der Waals surface area contributed by atoms with Crippen molar-refractivity contribution in [3.8, 4) is 11.5 Å². The van der Waals surface area contributed by atoms with E-state index in [4.69, 9.17) is 21.1 Å². The first-order valence-electron chi connectivity index (χ1n) is 9.33. The zero-order valence-electron chi connectivity index (χ0n) is 16.5. The summed E-state index contributed by atoms with van der Waals surface area (Å²) < 4.78 is 36.5. The molecule has 1 amide bonds. The van der Waals surface area contributed by atoms with Crippen molar-refractivity contribution in [1.82, 2.24) is 0 Å². The van der Waals surface area contributed by atoms with Gasteiger partial charge >= 0.3 is 0 Å². The van der Waals surface area contributed by atoms with Gasteiger partial charge in [0.05, 0.1) is 18.5 Å². The Kier molecular flexibility index (Phi) is 5.75. The fourth-order valence-electron chi connectivity index (χ4n) is 3.14. The van der Waals surface area contributed by atoms with E-state index in [1.165, 1.54) is 4.31 Å². The van der Waals surface area contributed by atoms with E-state index in [1.54, 1.807) is 66.7 Å². The summed E-state index contributed by atoms with van der Waals surface area (Å²) in [5.74, 6) is 0.924. The molecule has 0 unspecified atom stereocenters. The maximum atomic E-state index is 12.6. The number of ether oxygens (including phenoxy) is 2. The molecular weight excluding hydrogens is 440 g/mol. The smallest absolute Gasteiger partial charge is 0.255 e. The minimum Gasteiger partial charge on any atom is -0.454 e. The lowest BCUT2D eigenvalue weighted by atomic mass is 10.1. The Morgan fingerprint density at radius 3 is 2.48 bits per heavy atom. The summed E-state index contributed by atoms with van der Waals surface area (Å²) in [5, 5.41) is 3.26. The molecule has 0 aromatic heterocycles. The van der Waals surface area contributed by atoms with Gasteiger partial charge in [0, 0.05) is 22.3 Å². The quantitative estimate of drug-likeness (QED) is 0.595. The van der Waals surface area contributed by atoms with Crippen molar-refractivity contribution in [2.24, 2.45) is 0 Å². The number of anilines is 2. The molecule has 0 radical (unpaired) electrons. The van der Waals surface area contributed by atoms with Crippen molar-refractivity contribution < 1.29 is 22.7 Å². The largest absolute Gasteiger partial charge is 0.454 e. The number of nitrogens with one attached hydrogen (secondary N) is 1. The van der Waals surface area contributed by atoms with Crippen LogP contribution < -0.4 is 19.1 Å². The van der Waals surface area contributed by atoms with Crippen LogP contribution in [-0.2, 0) is 16.6 Å². The number of hydrogen-bond acceptors (Lipinski definition) is 5. The molecule has 0 spiro atoms. The summed E-state index contributed by atoms with van der Waals surface area (Å²) in [7, 11) is -3.53. The van der Waals surface area contributed by atoms with E-state index < -0.39 is 10.0 Å². The van der Waals surface area contributed by atoms with Gasteiger partial charge in [-0.2, -0.15) is 0 Å². The Labute approximate surface area is 185 Å². The number of hydrogen-bond donors (Lipinski definition) is 1. The zero-order chi connectivity index (χ0) is 22.0. The maximum Gasteiger partial charge on any atom is 0.255 e. The topological polar surface area (TPSA) is 84.9 Å². The van der Waals surface area contributed by atoms with E-state index in [2.05, 4.69) is 5.32 Å². The molecule has 1 aliphatic rings. The Bertz CT molecular complexity index is 1230. The Balaban J connectivity index is 1.48. The highest BCUT2D eigenvalue weighted by molar-refractivity contribution is 7.92. The second-order valence-corrected chi connectivity index (χ2v) is 9.31. The standard InChI is InChI=1S/C22H19ClN2O5S/c1-31(27,28)25(19-4-2-3-17(23)11-19)13-15-5-7-16(8-6-15)22(26)24-18-9-10-20-21(12-18)30-14-29-20/h2-12H,13-14H2,1H3,(H,24,26). The van der Waals surface area contributed by atoms with Gasteiger partial charge in [-0.05, 0) is 48.0 Å². The van der Waals surface area contributed by atoms with Crippen LogP contribution in [0.15, 0.2) is 66.7 Å². The molecule has 0 fully saturated rings. The molecular formula is C22H19ClN2O5S. The third-order valence-corrected chi connectivity index (χ3v) is 6.04. The Morgan fingerprint density at radius 1 is 1.03 bits per heavy atom. The first-order valence-corrected chi connectivity index (χ1v) is 11.6. The van der Waals surface area contributed by atoms with E-state index in [-0.39, 0.29) is 19.2 Å². The van der Waals surface area contributed by atoms with E-state index in [0.29, 0.717) is 33.5 Å². The summed E-state index contributed by atoms with van der Waals surface area (Å²) in [5.41, 5.74) is 2.22. The number of benzene rings is 3. The minimum atomic E-state index is -3.53. The van der Waals surface area contributed by atoms with Crippen LogP contribution in [0.4, 0.5) is 11.4 Å². The van der Waals surface area contributed by atoms with Crippen molar-refractivity contribution in [3.63, 3.8) is 0 Å². The number of carbonyl (C=O) groups is 1. The van der Waals surface area contributed by atoms with Gasteiger partial charge in [0.2, 0.25) is 16.8 Å². The summed E-state index contributed by atoms with van der Waals surface area (Å²) in [4.78, 5) is 12.6. The molecule has 0 saturated heterocycles. The maximum absolute atomic E-state index is 12.6. The highest BCUT2D eigenvalue weighted by Gasteiger charge is 2.19. The average molecular weight is 459 g/mol. The number of halogens is 1. The third-order valence-electron chi connectivity index (χ3n) is 4.67. The van der Waals surface area contributed by atoms with Crippen LogP contribution in [0.5, 0.6) is 11.5 Å². The predicted molar refractivity (Wildman–Crippen MR) is 119 cm³/mol. The molecule has 1 heterocycles. The number of sulfonamides is 1. The van der Waals surface area contributed by atoms with Crippen LogP contribution in [-0.4, -0.2) is 27.4 Å². The van der Waals surface area contributed by atoms with Crippen molar-refractivity contribution in [2.45, 2.75) is 6.54 Å². The monoisotopic (exact) mass is 458 g/mol. The molecule has 7 nitrogen and oxygen atoms in total. The van der Waals surface area contributed by atoms with E-state index >= 15 is 0 Å². The molecule has 0 aliphatic carbocycles. The van der Waals surface area contributed by atoms with Crippen molar-refractivity contribution >= 4 is 38.9 Å². The van der Waals surface area contributed by atoms with Gasteiger partial charge in [-0.3, -0.25) is 9.10 Å². The van der Waals surface area contributed by atoms with Crippen LogP contribution in [0.3, 0.4) is 0 Å². The lowest BCUT2D eigenvalue weighted by Crippen LogP contribution is -2.29. The predicted octanol–water partition coefficient (Wildman–Crippen LogP) is 4.29. The van der Waals surface area contributed by atoms with Gasteiger partial charge in [-0.15, -0.1) is 0 Å². The second-order valence-electron chi connectivity index (χ2n) is 6.97.